The van der Waals surface area contributed by atoms with Crippen LogP contribution >= 0.6 is 0 Å². The molecule has 1 rings (SSSR count). The maximum absolute atomic E-state index is 10.7. The summed E-state index contributed by atoms with van der Waals surface area (Å²) in [7, 11) is 0. The molecule has 0 amide bonds. The summed E-state index contributed by atoms with van der Waals surface area (Å²) in [5.41, 5.74) is 0.881. The summed E-state index contributed by atoms with van der Waals surface area (Å²) in [6, 6.07) is 9.15. The summed E-state index contributed by atoms with van der Waals surface area (Å²) in [5.74, 6) is -2.03. The molecule has 4 heteroatoms. The van der Waals surface area contributed by atoms with E-state index in [1.807, 2.05) is 30.3 Å². The van der Waals surface area contributed by atoms with Crippen LogP contribution in [-0.2, 0) is 9.59 Å². The lowest BCUT2D eigenvalue weighted by molar-refractivity contribution is -0.139. The first-order chi connectivity index (χ1) is 7.59. The largest absolute Gasteiger partial charge is 0.481 e. The average molecular weight is 222 g/mol. The molecule has 0 fully saturated rings. The second kappa shape index (κ2) is 5.90. The van der Waals surface area contributed by atoms with Gasteiger partial charge in [0.1, 0.15) is 0 Å². The van der Waals surface area contributed by atoms with Crippen molar-refractivity contribution in [3.05, 3.63) is 35.9 Å². The van der Waals surface area contributed by atoms with Crippen molar-refractivity contribution in [3.8, 4) is 0 Å². The van der Waals surface area contributed by atoms with Gasteiger partial charge in [-0.15, -0.1) is 0 Å². The van der Waals surface area contributed by atoms with Gasteiger partial charge in [-0.1, -0.05) is 30.3 Å². The van der Waals surface area contributed by atoms with Crippen molar-refractivity contribution < 1.29 is 19.8 Å². The highest BCUT2D eigenvalue weighted by Gasteiger charge is 2.16. The molecule has 0 heterocycles. The van der Waals surface area contributed by atoms with Crippen LogP contribution in [0.1, 0.15) is 30.7 Å². The Balaban J connectivity index is 2.71. The van der Waals surface area contributed by atoms with Gasteiger partial charge >= 0.3 is 11.9 Å². The predicted octanol–water partition coefficient (Wildman–Crippen LogP) is 2.11. The number of hydrogen-bond donors (Lipinski definition) is 2. The monoisotopic (exact) mass is 222 g/mol. The normalized spacial score (nSPS) is 12.0. The van der Waals surface area contributed by atoms with Crippen LogP contribution < -0.4 is 0 Å². The van der Waals surface area contributed by atoms with E-state index < -0.39 is 11.9 Å². The lowest BCUT2D eigenvalue weighted by Gasteiger charge is -2.13. The van der Waals surface area contributed by atoms with Crippen molar-refractivity contribution >= 4 is 11.9 Å². The van der Waals surface area contributed by atoms with Crippen molar-refractivity contribution in [1.82, 2.24) is 0 Å². The molecule has 0 aliphatic heterocycles. The standard InChI is InChI=1S/C12H14O4/c13-11(14)7-6-10(8-12(15)16)9-4-2-1-3-5-9/h1-5,10H,6-8H2,(H,13,14)(H,15,16). The number of carboxylic acid groups (broad SMARTS) is 2. The first kappa shape index (κ1) is 12.2. The number of carboxylic acids is 2. The molecule has 0 bridgehead atoms. The van der Waals surface area contributed by atoms with Crippen LogP contribution in [0.25, 0.3) is 0 Å². The van der Waals surface area contributed by atoms with E-state index in [4.69, 9.17) is 10.2 Å². The molecule has 16 heavy (non-hydrogen) atoms. The highest BCUT2D eigenvalue weighted by molar-refractivity contribution is 5.69. The van der Waals surface area contributed by atoms with E-state index in [-0.39, 0.29) is 18.8 Å². The summed E-state index contributed by atoms with van der Waals surface area (Å²) in [6.45, 7) is 0. The number of benzene rings is 1. The van der Waals surface area contributed by atoms with E-state index >= 15 is 0 Å². The number of carbonyl (C=O) groups is 2. The molecule has 2 N–H and O–H groups in total. The topological polar surface area (TPSA) is 74.6 Å². The van der Waals surface area contributed by atoms with E-state index in [9.17, 15) is 9.59 Å². The van der Waals surface area contributed by atoms with Gasteiger partial charge in [-0.3, -0.25) is 9.59 Å². The molecule has 0 aliphatic rings. The maximum atomic E-state index is 10.7. The molecule has 1 atom stereocenters. The molecule has 0 spiro atoms. The lowest BCUT2D eigenvalue weighted by atomic mass is 9.91. The van der Waals surface area contributed by atoms with Gasteiger partial charge in [0.05, 0.1) is 6.42 Å². The van der Waals surface area contributed by atoms with Crippen LogP contribution in [0.2, 0.25) is 0 Å². The minimum Gasteiger partial charge on any atom is -0.481 e. The van der Waals surface area contributed by atoms with E-state index in [2.05, 4.69) is 0 Å². The second-order valence-corrected chi connectivity index (χ2v) is 3.64. The summed E-state index contributed by atoms with van der Waals surface area (Å²) >= 11 is 0. The Hall–Kier alpha value is -1.84. The molecule has 0 radical (unpaired) electrons. The van der Waals surface area contributed by atoms with Gasteiger partial charge in [-0.25, -0.2) is 0 Å². The molecule has 0 aliphatic carbocycles. The lowest BCUT2D eigenvalue weighted by Crippen LogP contribution is -2.08. The Morgan fingerprint density at radius 1 is 1.06 bits per heavy atom. The SMILES string of the molecule is O=C(O)CCC(CC(=O)O)c1ccccc1. The van der Waals surface area contributed by atoms with Crippen LogP contribution in [0.3, 0.4) is 0 Å². The fraction of sp³-hybridized carbons (Fsp3) is 0.333. The van der Waals surface area contributed by atoms with Crippen LogP contribution in [0.5, 0.6) is 0 Å². The van der Waals surface area contributed by atoms with E-state index in [0.717, 1.165) is 5.56 Å². The Kier molecular flexibility index (Phi) is 4.51. The Labute approximate surface area is 93.5 Å². The first-order valence-corrected chi connectivity index (χ1v) is 5.08. The van der Waals surface area contributed by atoms with Gasteiger partial charge in [-0.2, -0.15) is 0 Å². The van der Waals surface area contributed by atoms with Crippen LogP contribution in [-0.4, -0.2) is 22.2 Å². The summed E-state index contributed by atoms with van der Waals surface area (Å²) < 4.78 is 0. The van der Waals surface area contributed by atoms with Crippen molar-refractivity contribution in [1.29, 1.82) is 0 Å². The third kappa shape index (κ3) is 4.13. The minimum absolute atomic E-state index is 0.00710. The molecular weight excluding hydrogens is 208 g/mol. The summed E-state index contributed by atoms with van der Waals surface area (Å²) in [5, 5.41) is 17.4. The molecular formula is C12H14O4. The van der Waals surface area contributed by atoms with E-state index in [0.29, 0.717) is 6.42 Å². The molecule has 0 saturated heterocycles. The highest BCUT2D eigenvalue weighted by Crippen LogP contribution is 2.24. The fourth-order valence-corrected chi connectivity index (χ4v) is 1.62. The zero-order chi connectivity index (χ0) is 12.0. The zero-order valence-corrected chi connectivity index (χ0v) is 8.80. The Morgan fingerprint density at radius 2 is 1.69 bits per heavy atom. The summed E-state index contributed by atoms with van der Waals surface area (Å²) in [6.07, 6.45) is 0.315. The number of rotatable bonds is 6. The van der Waals surface area contributed by atoms with E-state index in [1.165, 1.54) is 0 Å². The molecule has 1 aromatic rings. The Bertz CT molecular complexity index is 359. The van der Waals surface area contributed by atoms with E-state index in [1.54, 1.807) is 0 Å². The molecule has 0 aromatic heterocycles. The first-order valence-electron chi connectivity index (χ1n) is 5.08. The van der Waals surface area contributed by atoms with Gasteiger partial charge in [0.15, 0.2) is 0 Å². The quantitative estimate of drug-likeness (QED) is 0.773. The van der Waals surface area contributed by atoms with Crippen LogP contribution in [0, 0.1) is 0 Å². The predicted molar refractivity (Wildman–Crippen MR) is 58.3 cm³/mol. The smallest absolute Gasteiger partial charge is 0.303 e. The van der Waals surface area contributed by atoms with Crippen LogP contribution in [0.4, 0.5) is 0 Å². The third-order valence-electron chi connectivity index (χ3n) is 2.40. The molecule has 0 saturated carbocycles. The van der Waals surface area contributed by atoms with Crippen molar-refractivity contribution in [2.24, 2.45) is 0 Å². The fourth-order valence-electron chi connectivity index (χ4n) is 1.62. The van der Waals surface area contributed by atoms with Crippen molar-refractivity contribution in [3.63, 3.8) is 0 Å². The van der Waals surface area contributed by atoms with Crippen molar-refractivity contribution in [2.45, 2.75) is 25.2 Å². The van der Waals surface area contributed by atoms with Crippen LogP contribution in [0.15, 0.2) is 30.3 Å². The van der Waals surface area contributed by atoms with Gasteiger partial charge in [0, 0.05) is 6.42 Å². The Morgan fingerprint density at radius 3 is 2.19 bits per heavy atom. The summed E-state index contributed by atoms with van der Waals surface area (Å²) in [4.78, 5) is 21.2. The van der Waals surface area contributed by atoms with Gasteiger partial charge in [0.25, 0.3) is 0 Å². The maximum Gasteiger partial charge on any atom is 0.303 e. The molecule has 86 valence electrons. The average Bonchev–Trinajstić information content (AvgIpc) is 2.25. The molecule has 1 unspecified atom stereocenters. The highest BCUT2D eigenvalue weighted by atomic mass is 16.4. The third-order valence-corrected chi connectivity index (χ3v) is 2.40. The van der Waals surface area contributed by atoms with Crippen molar-refractivity contribution in [2.75, 3.05) is 0 Å². The number of hydrogen-bond acceptors (Lipinski definition) is 2. The van der Waals surface area contributed by atoms with Gasteiger partial charge in [-0.05, 0) is 17.9 Å². The minimum atomic E-state index is -0.903. The number of aliphatic carboxylic acids is 2. The second-order valence-electron chi connectivity index (χ2n) is 3.64. The van der Waals surface area contributed by atoms with Gasteiger partial charge in [0.2, 0.25) is 0 Å². The molecule has 4 nitrogen and oxygen atoms in total. The zero-order valence-electron chi connectivity index (χ0n) is 8.80. The molecule has 1 aromatic carbocycles. The van der Waals surface area contributed by atoms with Gasteiger partial charge < -0.3 is 10.2 Å².